The Balaban J connectivity index is 1.51. The molecule has 1 N–H and O–H groups in total. The standard InChI is InChI=1S/C31H22BrF3N4O3/c1-19-7-2-4-11-25(19)37-28(40)18-42-27-14-13-23(32)16-21(27)17-36-39-29(20-8-6-9-22(15-20)31(33,34)35)38-26-12-5-3-10-24(26)30(39)41/h2-17H,18H2,1H3,(H,37,40). The third kappa shape index (κ3) is 6.41. The number of amides is 1. The molecule has 1 amide bonds. The Kier molecular flexibility index (Phi) is 8.21. The SMILES string of the molecule is Cc1ccccc1NC(=O)COc1ccc(Br)cc1C=Nn1c(-c2cccc(C(F)(F)F)c2)nc2ccccc2c1=O. The van der Waals surface area contributed by atoms with Crippen LogP contribution in [0.5, 0.6) is 5.75 Å². The van der Waals surface area contributed by atoms with Gasteiger partial charge in [0.2, 0.25) is 0 Å². The quantitative estimate of drug-likeness (QED) is 0.194. The number of para-hydroxylation sites is 2. The summed E-state index contributed by atoms with van der Waals surface area (Å²) in [6.45, 7) is 1.57. The van der Waals surface area contributed by atoms with E-state index in [1.54, 1.807) is 48.5 Å². The Morgan fingerprint density at radius 2 is 1.79 bits per heavy atom. The van der Waals surface area contributed by atoms with Crippen molar-refractivity contribution in [1.82, 2.24) is 9.66 Å². The number of hydrogen-bond donors (Lipinski definition) is 1. The molecule has 0 spiro atoms. The van der Waals surface area contributed by atoms with Crippen LogP contribution >= 0.6 is 15.9 Å². The molecule has 4 aromatic carbocycles. The summed E-state index contributed by atoms with van der Waals surface area (Å²) in [6.07, 6.45) is -3.26. The first-order valence-corrected chi connectivity index (χ1v) is 13.4. The van der Waals surface area contributed by atoms with Gasteiger partial charge in [0.15, 0.2) is 12.4 Å². The number of alkyl halides is 3. The first-order chi connectivity index (χ1) is 20.1. The summed E-state index contributed by atoms with van der Waals surface area (Å²) in [5.41, 5.74) is 0.880. The minimum atomic E-state index is -4.59. The zero-order valence-corrected chi connectivity index (χ0v) is 23.6. The van der Waals surface area contributed by atoms with Gasteiger partial charge in [0.1, 0.15) is 5.75 Å². The van der Waals surface area contributed by atoms with Gasteiger partial charge < -0.3 is 10.1 Å². The summed E-state index contributed by atoms with van der Waals surface area (Å²) < 4.78 is 47.8. The highest BCUT2D eigenvalue weighted by atomic mass is 79.9. The van der Waals surface area contributed by atoms with Gasteiger partial charge in [0.05, 0.1) is 22.7 Å². The van der Waals surface area contributed by atoms with Crippen LogP contribution in [0.2, 0.25) is 0 Å². The van der Waals surface area contributed by atoms with E-state index in [1.807, 2.05) is 25.1 Å². The molecule has 1 aromatic heterocycles. The van der Waals surface area contributed by atoms with Gasteiger partial charge >= 0.3 is 6.18 Å². The first kappa shape index (κ1) is 28.7. The van der Waals surface area contributed by atoms with Crippen molar-refractivity contribution in [2.75, 3.05) is 11.9 Å². The highest BCUT2D eigenvalue weighted by Gasteiger charge is 2.31. The fraction of sp³-hybridized carbons (Fsp3) is 0.0968. The lowest BCUT2D eigenvalue weighted by Gasteiger charge is -2.13. The summed E-state index contributed by atoms with van der Waals surface area (Å²) >= 11 is 3.40. The fourth-order valence-corrected chi connectivity index (χ4v) is 4.55. The third-order valence-electron chi connectivity index (χ3n) is 6.26. The van der Waals surface area contributed by atoms with E-state index in [2.05, 4.69) is 31.3 Å². The predicted octanol–water partition coefficient (Wildman–Crippen LogP) is 7.05. The van der Waals surface area contributed by atoms with Gasteiger partial charge in [-0.3, -0.25) is 9.59 Å². The van der Waals surface area contributed by atoms with Crippen molar-refractivity contribution in [2.24, 2.45) is 5.10 Å². The van der Waals surface area contributed by atoms with E-state index in [9.17, 15) is 22.8 Å². The number of nitrogens with zero attached hydrogens (tertiary/aromatic N) is 3. The van der Waals surface area contributed by atoms with E-state index in [4.69, 9.17) is 4.74 Å². The van der Waals surface area contributed by atoms with Gasteiger partial charge in [0, 0.05) is 21.3 Å². The fourth-order valence-electron chi connectivity index (χ4n) is 4.17. The van der Waals surface area contributed by atoms with Crippen LogP contribution in [0, 0.1) is 6.92 Å². The number of halogens is 4. The van der Waals surface area contributed by atoms with Gasteiger partial charge in [-0.05, 0) is 61.0 Å². The molecular formula is C31H22BrF3N4O3. The number of aromatic nitrogens is 2. The van der Waals surface area contributed by atoms with Crippen LogP contribution in [0.15, 0.2) is 105 Å². The minimum Gasteiger partial charge on any atom is -0.483 e. The second kappa shape index (κ2) is 12.0. The lowest BCUT2D eigenvalue weighted by Crippen LogP contribution is -2.21. The lowest BCUT2D eigenvalue weighted by atomic mass is 10.1. The predicted molar refractivity (Wildman–Crippen MR) is 159 cm³/mol. The number of hydrogen-bond acceptors (Lipinski definition) is 5. The molecule has 0 saturated heterocycles. The van der Waals surface area contributed by atoms with Crippen LogP contribution in [0.1, 0.15) is 16.7 Å². The molecule has 0 fully saturated rings. The van der Waals surface area contributed by atoms with Crippen LogP contribution in [0.4, 0.5) is 18.9 Å². The van der Waals surface area contributed by atoms with E-state index in [1.165, 1.54) is 18.3 Å². The maximum Gasteiger partial charge on any atom is 0.416 e. The molecule has 0 saturated carbocycles. The van der Waals surface area contributed by atoms with Gasteiger partial charge in [-0.2, -0.15) is 22.9 Å². The Hall–Kier alpha value is -4.77. The lowest BCUT2D eigenvalue weighted by molar-refractivity contribution is -0.137. The molecule has 212 valence electrons. The van der Waals surface area contributed by atoms with Crippen molar-refractivity contribution in [3.8, 4) is 17.1 Å². The number of aryl methyl sites for hydroxylation is 1. The molecule has 7 nitrogen and oxygen atoms in total. The normalized spacial score (nSPS) is 11.6. The third-order valence-corrected chi connectivity index (χ3v) is 6.76. The number of anilines is 1. The molecule has 1 heterocycles. The van der Waals surface area contributed by atoms with E-state index >= 15 is 0 Å². The average molecular weight is 635 g/mol. The maximum atomic E-state index is 13.5. The van der Waals surface area contributed by atoms with Gasteiger partial charge in [0.25, 0.3) is 11.5 Å². The molecule has 0 radical (unpaired) electrons. The number of fused-ring (bicyclic) bond motifs is 1. The summed E-state index contributed by atoms with van der Waals surface area (Å²) in [6, 6.07) is 23.4. The van der Waals surface area contributed by atoms with Crippen molar-refractivity contribution >= 4 is 44.6 Å². The van der Waals surface area contributed by atoms with Crippen LogP contribution in [-0.4, -0.2) is 28.4 Å². The van der Waals surface area contributed by atoms with Crippen molar-refractivity contribution in [3.63, 3.8) is 0 Å². The van der Waals surface area contributed by atoms with Crippen molar-refractivity contribution in [3.05, 3.63) is 123 Å². The van der Waals surface area contributed by atoms with Gasteiger partial charge in [-0.15, -0.1) is 0 Å². The Morgan fingerprint density at radius 1 is 1.02 bits per heavy atom. The molecule has 0 aliphatic carbocycles. The number of nitrogens with one attached hydrogen (secondary N) is 1. The Labute approximate surface area is 246 Å². The van der Waals surface area contributed by atoms with Gasteiger partial charge in [-0.25, -0.2) is 4.98 Å². The highest BCUT2D eigenvalue weighted by molar-refractivity contribution is 9.10. The smallest absolute Gasteiger partial charge is 0.416 e. The molecule has 5 aromatic rings. The first-order valence-electron chi connectivity index (χ1n) is 12.6. The van der Waals surface area contributed by atoms with E-state index < -0.39 is 17.3 Å². The topological polar surface area (TPSA) is 85.6 Å². The average Bonchev–Trinajstić information content (AvgIpc) is 2.97. The molecule has 11 heteroatoms. The second-order valence-electron chi connectivity index (χ2n) is 9.23. The summed E-state index contributed by atoms with van der Waals surface area (Å²) in [5, 5.41) is 7.37. The molecule has 42 heavy (non-hydrogen) atoms. The van der Waals surface area contributed by atoms with Crippen molar-refractivity contribution in [1.29, 1.82) is 0 Å². The monoisotopic (exact) mass is 634 g/mol. The molecule has 0 aliphatic rings. The highest BCUT2D eigenvalue weighted by Crippen LogP contribution is 2.32. The summed E-state index contributed by atoms with van der Waals surface area (Å²) in [7, 11) is 0. The summed E-state index contributed by atoms with van der Waals surface area (Å²) in [5.74, 6) is -0.155. The molecule has 0 atom stereocenters. The van der Waals surface area contributed by atoms with E-state index in [0.717, 1.165) is 22.4 Å². The van der Waals surface area contributed by atoms with Crippen LogP contribution in [-0.2, 0) is 11.0 Å². The van der Waals surface area contributed by atoms with Crippen molar-refractivity contribution < 1.29 is 22.7 Å². The van der Waals surface area contributed by atoms with E-state index in [0.29, 0.717) is 27.0 Å². The molecular weight excluding hydrogens is 613 g/mol. The Bertz CT molecular complexity index is 1890. The second-order valence-corrected chi connectivity index (χ2v) is 10.1. The largest absolute Gasteiger partial charge is 0.483 e. The molecule has 5 rings (SSSR count). The molecule has 0 aliphatic heterocycles. The Morgan fingerprint density at radius 3 is 2.57 bits per heavy atom. The maximum absolute atomic E-state index is 13.5. The van der Waals surface area contributed by atoms with Crippen LogP contribution in [0.3, 0.4) is 0 Å². The zero-order chi connectivity index (χ0) is 29.9. The van der Waals surface area contributed by atoms with Crippen LogP contribution < -0.4 is 15.6 Å². The number of benzene rings is 4. The number of carbonyl (C=O) groups excluding carboxylic acids is 1. The molecule has 0 unspecified atom stereocenters. The van der Waals surface area contributed by atoms with Gasteiger partial charge in [-0.1, -0.05) is 58.4 Å². The number of ether oxygens (including phenoxy) is 1. The van der Waals surface area contributed by atoms with Crippen LogP contribution in [0.25, 0.3) is 22.3 Å². The van der Waals surface area contributed by atoms with Crippen molar-refractivity contribution in [2.45, 2.75) is 13.1 Å². The minimum absolute atomic E-state index is 0.0587. The summed E-state index contributed by atoms with van der Waals surface area (Å²) in [4.78, 5) is 30.5. The zero-order valence-electron chi connectivity index (χ0n) is 22.0. The number of rotatable bonds is 7. The molecule has 0 bridgehead atoms. The number of carbonyl (C=O) groups is 1. The van der Waals surface area contributed by atoms with E-state index in [-0.39, 0.29) is 29.3 Å².